The van der Waals surface area contributed by atoms with Crippen LogP contribution in [-0.4, -0.2) is 7.11 Å². The summed E-state index contributed by atoms with van der Waals surface area (Å²) >= 11 is 1.81. The number of rotatable bonds is 5. The van der Waals surface area contributed by atoms with E-state index in [1.165, 1.54) is 10.4 Å². The zero-order valence-electron chi connectivity index (χ0n) is 10.2. The van der Waals surface area contributed by atoms with E-state index in [1.807, 2.05) is 23.5 Å². The first-order chi connectivity index (χ1) is 8.29. The molecule has 0 spiro atoms. The normalized spacial score (nSPS) is 12.4. The van der Waals surface area contributed by atoms with Crippen LogP contribution >= 0.6 is 11.3 Å². The molecule has 1 heterocycles. The second-order valence-corrected chi connectivity index (χ2v) is 5.11. The van der Waals surface area contributed by atoms with Gasteiger partial charge >= 0.3 is 0 Å². The van der Waals surface area contributed by atoms with Crippen LogP contribution in [-0.2, 0) is 6.54 Å². The van der Waals surface area contributed by atoms with Gasteiger partial charge in [0.25, 0.3) is 0 Å². The van der Waals surface area contributed by atoms with Crippen LogP contribution in [0.2, 0.25) is 0 Å². The SMILES string of the molecule is COc1ccc([C@H](C)[NH2+]Cc2cccs2)cc1. The van der Waals surface area contributed by atoms with Gasteiger partial charge in [0.15, 0.2) is 0 Å². The zero-order valence-corrected chi connectivity index (χ0v) is 11.0. The van der Waals surface area contributed by atoms with Gasteiger partial charge in [-0.1, -0.05) is 6.07 Å². The van der Waals surface area contributed by atoms with Crippen LogP contribution in [0.15, 0.2) is 41.8 Å². The molecule has 1 atom stereocenters. The van der Waals surface area contributed by atoms with Crippen LogP contribution in [0.25, 0.3) is 0 Å². The van der Waals surface area contributed by atoms with Gasteiger partial charge in [-0.2, -0.15) is 0 Å². The average molecular weight is 248 g/mol. The Labute approximate surface area is 106 Å². The predicted molar refractivity (Wildman–Crippen MR) is 71.4 cm³/mol. The summed E-state index contributed by atoms with van der Waals surface area (Å²) < 4.78 is 5.16. The van der Waals surface area contributed by atoms with Gasteiger partial charge in [-0.15, -0.1) is 11.3 Å². The highest BCUT2D eigenvalue weighted by molar-refractivity contribution is 7.09. The summed E-state index contributed by atoms with van der Waals surface area (Å²) in [5.74, 6) is 0.916. The van der Waals surface area contributed by atoms with Gasteiger partial charge in [0.2, 0.25) is 0 Å². The van der Waals surface area contributed by atoms with Gasteiger partial charge in [0, 0.05) is 5.56 Å². The molecule has 17 heavy (non-hydrogen) atoms. The number of benzene rings is 1. The summed E-state index contributed by atoms with van der Waals surface area (Å²) in [5, 5.41) is 4.48. The van der Waals surface area contributed by atoms with Crippen LogP contribution in [0.4, 0.5) is 0 Å². The van der Waals surface area contributed by atoms with Crippen molar-refractivity contribution in [3.63, 3.8) is 0 Å². The van der Waals surface area contributed by atoms with E-state index in [1.54, 1.807) is 7.11 Å². The Bertz CT molecular complexity index is 436. The number of hydrogen-bond donors (Lipinski definition) is 1. The minimum absolute atomic E-state index is 0.475. The molecule has 2 nitrogen and oxygen atoms in total. The molecule has 2 aromatic rings. The maximum atomic E-state index is 5.16. The van der Waals surface area contributed by atoms with Crippen molar-refractivity contribution in [1.82, 2.24) is 0 Å². The van der Waals surface area contributed by atoms with E-state index in [0.717, 1.165) is 12.3 Å². The molecule has 0 aliphatic rings. The topological polar surface area (TPSA) is 25.8 Å². The summed E-state index contributed by atoms with van der Waals surface area (Å²) in [6.45, 7) is 3.28. The van der Waals surface area contributed by atoms with Crippen LogP contribution in [0.5, 0.6) is 5.75 Å². The largest absolute Gasteiger partial charge is 0.497 e. The maximum Gasteiger partial charge on any atom is 0.118 e. The first-order valence-corrected chi connectivity index (χ1v) is 6.67. The molecule has 0 fully saturated rings. The number of methoxy groups -OCH3 is 1. The standard InChI is InChI=1S/C14H17NOS/c1-11(15-10-14-4-3-9-17-14)12-5-7-13(16-2)8-6-12/h3-9,11,15H,10H2,1-2H3/p+1/t11-/m0/s1. The third kappa shape index (κ3) is 3.32. The van der Waals surface area contributed by atoms with Crippen molar-refractivity contribution in [2.75, 3.05) is 7.11 Å². The molecule has 0 saturated carbocycles. The highest BCUT2D eigenvalue weighted by atomic mass is 32.1. The van der Waals surface area contributed by atoms with E-state index < -0.39 is 0 Å². The molecule has 1 aromatic carbocycles. The van der Waals surface area contributed by atoms with E-state index in [4.69, 9.17) is 4.74 Å². The smallest absolute Gasteiger partial charge is 0.118 e. The molecule has 0 bridgehead atoms. The fourth-order valence-corrected chi connectivity index (χ4v) is 2.45. The lowest BCUT2D eigenvalue weighted by molar-refractivity contribution is -0.707. The van der Waals surface area contributed by atoms with E-state index in [-0.39, 0.29) is 0 Å². The summed E-state index contributed by atoms with van der Waals surface area (Å²) in [6, 6.07) is 13.1. The molecule has 0 unspecified atom stereocenters. The van der Waals surface area contributed by atoms with Gasteiger partial charge < -0.3 is 10.1 Å². The highest BCUT2D eigenvalue weighted by Crippen LogP contribution is 2.15. The summed E-state index contributed by atoms with van der Waals surface area (Å²) in [6.07, 6.45) is 0. The minimum atomic E-state index is 0.475. The fourth-order valence-electron chi connectivity index (χ4n) is 1.77. The van der Waals surface area contributed by atoms with E-state index >= 15 is 0 Å². The fraction of sp³-hybridized carbons (Fsp3) is 0.286. The summed E-state index contributed by atoms with van der Waals surface area (Å²) in [5.41, 5.74) is 1.34. The van der Waals surface area contributed by atoms with Crippen LogP contribution in [0, 0.1) is 0 Å². The van der Waals surface area contributed by atoms with Crippen molar-refractivity contribution in [3.05, 3.63) is 52.2 Å². The average Bonchev–Trinajstić information content (AvgIpc) is 2.89. The van der Waals surface area contributed by atoms with Crippen LogP contribution in [0.1, 0.15) is 23.4 Å². The van der Waals surface area contributed by atoms with E-state index in [2.05, 4.69) is 41.9 Å². The lowest BCUT2D eigenvalue weighted by atomic mass is 10.1. The Hall–Kier alpha value is -1.32. The molecular weight excluding hydrogens is 230 g/mol. The Morgan fingerprint density at radius 1 is 1.24 bits per heavy atom. The molecule has 2 rings (SSSR count). The molecule has 2 N–H and O–H groups in total. The number of quaternary nitrogens is 1. The summed E-state index contributed by atoms with van der Waals surface area (Å²) in [7, 11) is 1.70. The second-order valence-electron chi connectivity index (χ2n) is 4.08. The van der Waals surface area contributed by atoms with E-state index in [0.29, 0.717) is 6.04 Å². The Balaban J connectivity index is 1.92. The first-order valence-electron chi connectivity index (χ1n) is 5.79. The lowest BCUT2D eigenvalue weighted by Crippen LogP contribution is -2.82. The van der Waals surface area contributed by atoms with Crippen LogP contribution < -0.4 is 10.1 Å². The van der Waals surface area contributed by atoms with Gasteiger partial charge in [-0.05, 0) is 42.6 Å². The lowest BCUT2D eigenvalue weighted by Gasteiger charge is -2.10. The van der Waals surface area contributed by atoms with Crippen LogP contribution in [0.3, 0.4) is 0 Å². The number of thiophene rings is 1. The molecule has 3 heteroatoms. The zero-order chi connectivity index (χ0) is 12.1. The van der Waals surface area contributed by atoms with Gasteiger partial charge in [0.1, 0.15) is 18.3 Å². The Kier molecular flexibility index (Phi) is 4.18. The maximum absolute atomic E-state index is 5.16. The van der Waals surface area contributed by atoms with Crippen molar-refractivity contribution in [3.8, 4) is 5.75 Å². The Morgan fingerprint density at radius 3 is 2.59 bits per heavy atom. The highest BCUT2D eigenvalue weighted by Gasteiger charge is 2.08. The third-order valence-electron chi connectivity index (χ3n) is 2.89. The van der Waals surface area contributed by atoms with Gasteiger partial charge in [-0.3, -0.25) is 0 Å². The third-order valence-corrected chi connectivity index (χ3v) is 3.79. The quantitative estimate of drug-likeness (QED) is 0.864. The van der Waals surface area contributed by atoms with Crippen molar-refractivity contribution in [1.29, 1.82) is 0 Å². The number of hydrogen-bond acceptors (Lipinski definition) is 2. The Morgan fingerprint density at radius 2 is 2.00 bits per heavy atom. The molecule has 0 aliphatic carbocycles. The van der Waals surface area contributed by atoms with E-state index in [9.17, 15) is 0 Å². The first kappa shape index (κ1) is 12.1. The molecule has 0 radical (unpaired) electrons. The number of nitrogens with two attached hydrogens (primary N) is 1. The van der Waals surface area contributed by atoms with Gasteiger partial charge in [-0.25, -0.2) is 0 Å². The molecule has 0 saturated heterocycles. The molecule has 1 aromatic heterocycles. The summed E-state index contributed by atoms with van der Waals surface area (Å²) in [4.78, 5) is 1.42. The molecular formula is C14H18NOS+. The van der Waals surface area contributed by atoms with Crippen molar-refractivity contribution in [2.24, 2.45) is 0 Å². The van der Waals surface area contributed by atoms with Crippen molar-refractivity contribution in [2.45, 2.75) is 19.5 Å². The molecule has 90 valence electrons. The predicted octanol–water partition coefficient (Wildman–Crippen LogP) is 2.58. The molecule has 0 amide bonds. The van der Waals surface area contributed by atoms with Gasteiger partial charge in [0.05, 0.1) is 12.0 Å². The van der Waals surface area contributed by atoms with Crippen molar-refractivity contribution >= 4 is 11.3 Å². The second kappa shape index (κ2) is 5.84. The minimum Gasteiger partial charge on any atom is -0.497 e. The number of ether oxygens (including phenoxy) is 1. The van der Waals surface area contributed by atoms with Crippen molar-refractivity contribution < 1.29 is 10.1 Å². The monoisotopic (exact) mass is 248 g/mol. The molecule has 0 aliphatic heterocycles.